The molecule has 0 aromatic heterocycles. The van der Waals surface area contributed by atoms with E-state index in [1.807, 2.05) is 6.92 Å². The van der Waals surface area contributed by atoms with Crippen molar-refractivity contribution in [3.05, 3.63) is 29.8 Å². The molecule has 0 bridgehead atoms. The summed E-state index contributed by atoms with van der Waals surface area (Å²) in [5, 5.41) is 0. The lowest BCUT2D eigenvalue weighted by Gasteiger charge is -2.27. The lowest BCUT2D eigenvalue weighted by Crippen LogP contribution is -2.29. The highest BCUT2D eigenvalue weighted by Gasteiger charge is 2.32. The molecule has 0 saturated heterocycles. The molecule has 17 heavy (non-hydrogen) atoms. The predicted molar refractivity (Wildman–Crippen MR) is 71.3 cm³/mol. The topological polar surface area (TPSA) is 35.2 Å². The third kappa shape index (κ3) is 3.01. The van der Waals surface area contributed by atoms with E-state index in [0.29, 0.717) is 5.41 Å². The smallest absolute Gasteiger partial charge is 0.119 e. The molecule has 94 valence electrons. The fourth-order valence-electron chi connectivity index (χ4n) is 2.88. The van der Waals surface area contributed by atoms with Gasteiger partial charge in [0.05, 0.1) is 6.61 Å². The molecule has 1 saturated carbocycles. The van der Waals surface area contributed by atoms with E-state index in [-0.39, 0.29) is 0 Å². The molecule has 0 unspecified atom stereocenters. The second-order valence-electron chi connectivity index (χ2n) is 5.16. The summed E-state index contributed by atoms with van der Waals surface area (Å²) in [5.41, 5.74) is 7.73. The molecule has 1 aliphatic carbocycles. The van der Waals surface area contributed by atoms with Crippen molar-refractivity contribution in [3.63, 3.8) is 0 Å². The van der Waals surface area contributed by atoms with Crippen molar-refractivity contribution < 1.29 is 4.74 Å². The van der Waals surface area contributed by atoms with Gasteiger partial charge in [-0.15, -0.1) is 0 Å². The summed E-state index contributed by atoms with van der Waals surface area (Å²) < 4.78 is 5.46. The molecular formula is C15H23NO. The molecule has 2 N–H and O–H groups in total. The Bertz CT molecular complexity index is 338. The van der Waals surface area contributed by atoms with Crippen molar-refractivity contribution in [2.24, 2.45) is 11.1 Å². The van der Waals surface area contributed by atoms with Crippen LogP contribution in [0.15, 0.2) is 24.3 Å². The fraction of sp³-hybridized carbons (Fsp3) is 0.600. The molecule has 1 aromatic rings. The van der Waals surface area contributed by atoms with Gasteiger partial charge >= 0.3 is 0 Å². The van der Waals surface area contributed by atoms with Crippen LogP contribution in [0.1, 0.15) is 38.2 Å². The minimum Gasteiger partial charge on any atom is -0.494 e. The molecule has 1 aromatic carbocycles. The second-order valence-corrected chi connectivity index (χ2v) is 5.16. The zero-order chi connectivity index (χ0) is 12.1. The van der Waals surface area contributed by atoms with Crippen molar-refractivity contribution in [3.8, 4) is 5.75 Å². The Labute approximate surface area is 104 Å². The minimum absolute atomic E-state index is 0.368. The summed E-state index contributed by atoms with van der Waals surface area (Å²) in [6, 6.07) is 8.50. The van der Waals surface area contributed by atoms with Crippen LogP contribution in [0.4, 0.5) is 0 Å². The first-order chi connectivity index (χ1) is 8.28. The Balaban J connectivity index is 2.02. The maximum absolute atomic E-state index is 5.97. The molecule has 2 nitrogen and oxygen atoms in total. The second kappa shape index (κ2) is 5.54. The molecule has 0 heterocycles. The van der Waals surface area contributed by atoms with Gasteiger partial charge in [0, 0.05) is 0 Å². The molecule has 0 radical (unpaired) electrons. The van der Waals surface area contributed by atoms with Crippen LogP contribution in [0.25, 0.3) is 0 Å². The van der Waals surface area contributed by atoms with Crippen LogP contribution < -0.4 is 10.5 Å². The molecular weight excluding hydrogens is 210 g/mol. The van der Waals surface area contributed by atoms with Gasteiger partial charge in [-0.1, -0.05) is 25.0 Å². The van der Waals surface area contributed by atoms with E-state index in [1.165, 1.54) is 31.2 Å². The molecule has 1 aliphatic rings. The summed E-state index contributed by atoms with van der Waals surface area (Å²) in [7, 11) is 0. The number of rotatable bonds is 5. The van der Waals surface area contributed by atoms with Gasteiger partial charge in [0.2, 0.25) is 0 Å². The average Bonchev–Trinajstić information content (AvgIpc) is 2.81. The third-order valence-corrected chi connectivity index (χ3v) is 3.91. The van der Waals surface area contributed by atoms with Gasteiger partial charge in [-0.2, -0.15) is 0 Å². The first-order valence-electron chi connectivity index (χ1n) is 6.70. The molecule has 2 heteroatoms. The van der Waals surface area contributed by atoms with Crippen molar-refractivity contribution in [2.45, 2.75) is 39.0 Å². The van der Waals surface area contributed by atoms with Gasteiger partial charge in [0.15, 0.2) is 0 Å². The van der Waals surface area contributed by atoms with E-state index in [4.69, 9.17) is 10.5 Å². The summed E-state index contributed by atoms with van der Waals surface area (Å²) in [6.45, 7) is 3.56. The van der Waals surface area contributed by atoms with Gasteiger partial charge in [-0.05, 0) is 55.8 Å². The van der Waals surface area contributed by atoms with Crippen LogP contribution in [0, 0.1) is 5.41 Å². The van der Waals surface area contributed by atoms with Crippen LogP contribution in [0.3, 0.4) is 0 Å². The highest BCUT2D eigenvalue weighted by molar-refractivity contribution is 5.28. The molecule has 0 atom stereocenters. The van der Waals surface area contributed by atoms with Gasteiger partial charge < -0.3 is 10.5 Å². The molecule has 2 rings (SSSR count). The largest absolute Gasteiger partial charge is 0.494 e. The summed E-state index contributed by atoms with van der Waals surface area (Å²) in [5.74, 6) is 0.962. The maximum atomic E-state index is 5.97. The molecule has 0 spiro atoms. The first kappa shape index (κ1) is 12.4. The SMILES string of the molecule is CCOc1ccc(CC2(CN)CCCC2)cc1. The van der Waals surface area contributed by atoms with E-state index in [2.05, 4.69) is 24.3 Å². The van der Waals surface area contributed by atoms with Crippen LogP contribution in [-0.2, 0) is 6.42 Å². The van der Waals surface area contributed by atoms with Crippen LogP contribution in [0.2, 0.25) is 0 Å². The first-order valence-corrected chi connectivity index (χ1v) is 6.70. The van der Waals surface area contributed by atoms with Crippen molar-refractivity contribution in [1.82, 2.24) is 0 Å². The Kier molecular flexibility index (Phi) is 4.06. The minimum atomic E-state index is 0.368. The predicted octanol–water partition coefficient (Wildman–Crippen LogP) is 3.15. The zero-order valence-electron chi connectivity index (χ0n) is 10.7. The Morgan fingerprint density at radius 1 is 1.18 bits per heavy atom. The molecule has 1 fully saturated rings. The van der Waals surface area contributed by atoms with Gasteiger partial charge in [-0.3, -0.25) is 0 Å². The van der Waals surface area contributed by atoms with E-state index in [0.717, 1.165) is 25.3 Å². The van der Waals surface area contributed by atoms with Crippen molar-refractivity contribution in [2.75, 3.05) is 13.2 Å². The van der Waals surface area contributed by atoms with E-state index in [1.54, 1.807) is 0 Å². The third-order valence-electron chi connectivity index (χ3n) is 3.91. The van der Waals surface area contributed by atoms with E-state index < -0.39 is 0 Å². The Morgan fingerprint density at radius 3 is 2.35 bits per heavy atom. The monoisotopic (exact) mass is 233 g/mol. The fourth-order valence-corrected chi connectivity index (χ4v) is 2.88. The van der Waals surface area contributed by atoms with Crippen LogP contribution >= 0.6 is 0 Å². The number of hydrogen-bond acceptors (Lipinski definition) is 2. The standard InChI is InChI=1S/C15H23NO/c1-2-17-14-7-5-13(6-8-14)11-15(12-16)9-3-4-10-15/h5-8H,2-4,9-12,16H2,1H3. The lowest BCUT2D eigenvalue weighted by atomic mass is 9.80. The Hall–Kier alpha value is -1.02. The van der Waals surface area contributed by atoms with Crippen molar-refractivity contribution >= 4 is 0 Å². The van der Waals surface area contributed by atoms with Gasteiger partial charge in [0.25, 0.3) is 0 Å². The summed E-state index contributed by atoms with van der Waals surface area (Å²) >= 11 is 0. The lowest BCUT2D eigenvalue weighted by molar-refractivity contribution is 0.306. The number of benzene rings is 1. The average molecular weight is 233 g/mol. The highest BCUT2D eigenvalue weighted by Crippen LogP contribution is 2.40. The highest BCUT2D eigenvalue weighted by atomic mass is 16.5. The van der Waals surface area contributed by atoms with Gasteiger partial charge in [-0.25, -0.2) is 0 Å². The quantitative estimate of drug-likeness (QED) is 0.848. The van der Waals surface area contributed by atoms with E-state index in [9.17, 15) is 0 Å². The molecule has 0 aliphatic heterocycles. The molecule has 0 amide bonds. The summed E-state index contributed by atoms with van der Waals surface area (Å²) in [6.07, 6.45) is 6.38. The maximum Gasteiger partial charge on any atom is 0.119 e. The summed E-state index contributed by atoms with van der Waals surface area (Å²) in [4.78, 5) is 0. The van der Waals surface area contributed by atoms with Gasteiger partial charge in [0.1, 0.15) is 5.75 Å². The van der Waals surface area contributed by atoms with Crippen molar-refractivity contribution in [1.29, 1.82) is 0 Å². The number of hydrogen-bond donors (Lipinski definition) is 1. The normalized spacial score (nSPS) is 18.2. The Morgan fingerprint density at radius 2 is 1.82 bits per heavy atom. The van der Waals surface area contributed by atoms with Crippen LogP contribution in [0.5, 0.6) is 5.75 Å². The zero-order valence-corrected chi connectivity index (χ0v) is 10.7. The number of ether oxygens (including phenoxy) is 1. The number of nitrogens with two attached hydrogens (primary N) is 1. The van der Waals surface area contributed by atoms with E-state index >= 15 is 0 Å². The van der Waals surface area contributed by atoms with Crippen LogP contribution in [-0.4, -0.2) is 13.2 Å².